The molecule has 1 aromatic rings. The van der Waals surface area contributed by atoms with Gasteiger partial charge in [-0.3, -0.25) is 4.90 Å². The fourth-order valence-corrected chi connectivity index (χ4v) is 3.27. The molecule has 1 fully saturated rings. The Kier molecular flexibility index (Phi) is 4.68. The predicted molar refractivity (Wildman–Crippen MR) is 80.6 cm³/mol. The lowest BCUT2D eigenvalue weighted by Gasteiger charge is -2.26. The Hall–Kier alpha value is -0.940. The molecule has 0 amide bonds. The molecule has 1 aliphatic carbocycles. The second kappa shape index (κ2) is 6.68. The van der Waals surface area contributed by atoms with Gasteiger partial charge in [-0.05, 0) is 37.1 Å². The molecule has 2 atom stereocenters. The lowest BCUT2D eigenvalue weighted by Crippen LogP contribution is -2.37. The number of ether oxygens (including phenoxy) is 1. The highest BCUT2D eigenvalue weighted by Crippen LogP contribution is 2.36. The number of nitrogens with one attached hydrogen (secondary N) is 1. The molecule has 4 nitrogen and oxygen atoms in total. The van der Waals surface area contributed by atoms with Crippen LogP contribution in [0.2, 0.25) is 0 Å². The van der Waals surface area contributed by atoms with Crippen LogP contribution in [0.5, 0.6) is 0 Å². The highest BCUT2D eigenvalue weighted by atomic mass is 16.5. The van der Waals surface area contributed by atoms with E-state index in [4.69, 9.17) is 10.5 Å². The van der Waals surface area contributed by atoms with Gasteiger partial charge in [0, 0.05) is 25.2 Å². The Labute approximate surface area is 121 Å². The van der Waals surface area contributed by atoms with Crippen LogP contribution in [0.25, 0.3) is 0 Å². The van der Waals surface area contributed by atoms with Gasteiger partial charge in [-0.2, -0.15) is 0 Å². The summed E-state index contributed by atoms with van der Waals surface area (Å²) in [6, 6.07) is 9.20. The van der Waals surface area contributed by atoms with Gasteiger partial charge in [0.1, 0.15) is 0 Å². The third-order valence-electron chi connectivity index (χ3n) is 4.41. The number of hydrogen-bond donors (Lipinski definition) is 2. The molecule has 2 unspecified atom stereocenters. The summed E-state index contributed by atoms with van der Waals surface area (Å²) in [4.78, 5) is 2.49. The molecular formula is C16H25N3O. The summed E-state index contributed by atoms with van der Waals surface area (Å²) in [6.45, 7) is 6.16. The highest BCUT2D eigenvalue weighted by molar-refractivity contribution is 5.37. The number of hydrogen-bond acceptors (Lipinski definition) is 4. The summed E-state index contributed by atoms with van der Waals surface area (Å²) in [6.07, 6.45) is 2.21. The van der Waals surface area contributed by atoms with Crippen LogP contribution in [-0.2, 0) is 4.74 Å². The van der Waals surface area contributed by atoms with Crippen molar-refractivity contribution in [2.45, 2.75) is 24.9 Å². The van der Waals surface area contributed by atoms with Crippen molar-refractivity contribution in [2.75, 3.05) is 39.4 Å². The maximum Gasteiger partial charge on any atom is 0.0594 e. The second-order valence-electron chi connectivity index (χ2n) is 5.79. The van der Waals surface area contributed by atoms with Gasteiger partial charge in [0.15, 0.2) is 0 Å². The predicted octanol–water partition coefficient (Wildman–Crippen LogP) is 1.44. The zero-order valence-corrected chi connectivity index (χ0v) is 12.1. The number of nitrogens with two attached hydrogens (primary N) is 1. The van der Waals surface area contributed by atoms with Gasteiger partial charge >= 0.3 is 0 Å². The molecule has 0 bridgehead atoms. The van der Waals surface area contributed by atoms with Crippen molar-refractivity contribution in [1.29, 1.82) is 0 Å². The Morgan fingerprint density at radius 3 is 2.75 bits per heavy atom. The number of morpholine rings is 1. The maximum atomic E-state index is 6.20. The maximum absolute atomic E-state index is 6.20. The lowest BCUT2D eigenvalue weighted by atomic mass is 10.1. The summed E-state index contributed by atoms with van der Waals surface area (Å²) >= 11 is 0. The SMILES string of the molecule is NC1CC(NCCCN2CCOCC2)c2ccccc21. The third-order valence-corrected chi connectivity index (χ3v) is 4.41. The van der Waals surface area contributed by atoms with Crippen molar-refractivity contribution < 1.29 is 4.74 Å². The average molecular weight is 275 g/mol. The summed E-state index contributed by atoms with van der Waals surface area (Å²) in [5.74, 6) is 0. The van der Waals surface area contributed by atoms with Crippen LogP contribution in [0.3, 0.4) is 0 Å². The first-order valence-corrected chi connectivity index (χ1v) is 7.72. The van der Waals surface area contributed by atoms with Crippen LogP contribution < -0.4 is 11.1 Å². The van der Waals surface area contributed by atoms with Gasteiger partial charge in [0.05, 0.1) is 13.2 Å². The van der Waals surface area contributed by atoms with E-state index in [0.29, 0.717) is 6.04 Å². The summed E-state index contributed by atoms with van der Waals surface area (Å²) in [7, 11) is 0. The molecule has 0 saturated carbocycles. The van der Waals surface area contributed by atoms with E-state index in [1.165, 1.54) is 17.5 Å². The van der Waals surface area contributed by atoms with E-state index in [0.717, 1.165) is 45.8 Å². The molecule has 3 N–H and O–H groups in total. The molecule has 0 spiro atoms. The first kappa shape index (κ1) is 14.0. The number of rotatable bonds is 5. The third kappa shape index (κ3) is 3.20. The normalized spacial score (nSPS) is 26.6. The lowest BCUT2D eigenvalue weighted by molar-refractivity contribution is 0.0374. The molecule has 20 heavy (non-hydrogen) atoms. The monoisotopic (exact) mass is 275 g/mol. The molecule has 2 aliphatic rings. The fraction of sp³-hybridized carbons (Fsp3) is 0.625. The minimum Gasteiger partial charge on any atom is -0.379 e. The van der Waals surface area contributed by atoms with Crippen molar-refractivity contribution in [1.82, 2.24) is 10.2 Å². The van der Waals surface area contributed by atoms with Crippen molar-refractivity contribution in [3.05, 3.63) is 35.4 Å². The quantitative estimate of drug-likeness (QED) is 0.799. The zero-order chi connectivity index (χ0) is 13.8. The fourth-order valence-electron chi connectivity index (χ4n) is 3.27. The van der Waals surface area contributed by atoms with E-state index in [9.17, 15) is 0 Å². The average Bonchev–Trinajstić information content (AvgIpc) is 2.82. The first-order valence-electron chi connectivity index (χ1n) is 7.72. The van der Waals surface area contributed by atoms with Gasteiger partial charge in [0.2, 0.25) is 0 Å². The smallest absolute Gasteiger partial charge is 0.0594 e. The van der Waals surface area contributed by atoms with Crippen LogP contribution in [0, 0.1) is 0 Å². The molecule has 0 aromatic heterocycles. The van der Waals surface area contributed by atoms with Crippen LogP contribution in [-0.4, -0.2) is 44.3 Å². The van der Waals surface area contributed by atoms with Gasteiger partial charge in [-0.15, -0.1) is 0 Å². The topological polar surface area (TPSA) is 50.5 Å². The summed E-state index contributed by atoms with van der Waals surface area (Å²) in [5.41, 5.74) is 8.91. The Bertz CT molecular complexity index is 431. The standard InChI is InChI=1S/C16H25N3O/c17-15-12-16(14-5-2-1-4-13(14)15)18-6-3-7-19-8-10-20-11-9-19/h1-2,4-5,15-16,18H,3,6-12,17H2. The van der Waals surface area contributed by atoms with Gasteiger partial charge in [-0.1, -0.05) is 24.3 Å². The molecule has 1 aliphatic heterocycles. The summed E-state index contributed by atoms with van der Waals surface area (Å²) in [5, 5.41) is 3.67. The van der Waals surface area contributed by atoms with Crippen LogP contribution in [0.15, 0.2) is 24.3 Å². The van der Waals surface area contributed by atoms with Crippen molar-refractivity contribution in [3.63, 3.8) is 0 Å². The van der Waals surface area contributed by atoms with E-state index < -0.39 is 0 Å². The van der Waals surface area contributed by atoms with E-state index in [1.807, 2.05) is 0 Å². The Morgan fingerprint density at radius 2 is 1.95 bits per heavy atom. The molecule has 1 saturated heterocycles. The zero-order valence-electron chi connectivity index (χ0n) is 12.1. The van der Waals surface area contributed by atoms with Crippen molar-refractivity contribution >= 4 is 0 Å². The number of benzene rings is 1. The van der Waals surface area contributed by atoms with Crippen LogP contribution in [0.1, 0.15) is 36.1 Å². The molecular weight excluding hydrogens is 250 g/mol. The molecule has 3 rings (SSSR count). The van der Waals surface area contributed by atoms with Crippen molar-refractivity contribution in [2.24, 2.45) is 5.73 Å². The Balaban J connectivity index is 1.43. The highest BCUT2D eigenvalue weighted by Gasteiger charge is 2.27. The Morgan fingerprint density at radius 1 is 1.20 bits per heavy atom. The van der Waals surface area contributed by atoms with Gasteiger partial charge < -0.3 is 15.8 Å². The summed E-state index contributed by atoms with van der Waals surface area (Å²) < 4.78 is 5.37. The number of fused-ring (bicyclic) bond motifs is 1. The minimum absolute atomic E-state index is 0.197. The molecule has 110 valence electrons. The van der Waals surface area contributed by atoms with E-state index >= 15 is 0 Å². The number of nitrogens with zero attached hydrogens (tertiary/aromatic N) is 1. The van der Waals surface area contributed by atoms with E-state index in [2.05, 4.69) is 34.5 Å². The van der Waals surface area contributed by atoms with Gasteiger partial charge in [-0.25, -0.2) is 0 Å². The minimum atomic E-state index is 0.197. The largest absolute Gasteiger partial charge is 0.379 e. The van der Waals surface area contributed by atoms with Gasteiger partial charge in [0.25, 0.3) is 0 Å². The van der Waals surface area contributed by atoms with E-state index in [-0.39, 0.29) is 6.04 Å². The molecule has 1 aromatic carbocycles. The molecule has 0 radical (unpaired) electrons. The van der Waals surface area contributed by atoms with Crippen molar-refractivity contribution in [3.8, 4) is 0 Å². The second-order valence-corrected chi connectivity index (χ2v) is 5.79. The molecule has 4 heteroatoms. The molecule has 1 heterocycles. The van der Waals surface area contributed by atoms with Crippen LogP contribution in [0.4, 0.5) is 0 Å². The first-order chi connectivity index (χ1) is 9.84. The van der Waals surface area contributed by atoms with Crippen LogP contribution >= 0.6 is 0 Å². The van der Waals surface area contributed by atoms with E-state index in [1.54, 1.807) is 0 Å².